The molecule has 1 atom stereocenters. The number of aryl methyl sites for hydroxylation is 2. The maximum Gasteiger partial charge on any atom is 0.243 e. The van der Waals surface area contributed by atoms with E-state index in [-0.39, 0.29) is 10.9 Å². The Morgan fingerprint density at radius 2 is 1.51 bits per heavy atom. The second-order valence-electron chi connectivity index (χ2n) is 9.41. The number of piperazine rings is 1. The number of rotatable bonds is 6. The first-order valence-corrected chi connectivity index (χ1v) is 14.2. The lowest BCUT2D eigenvalue weighted by atomic mass is 10.1. The Morgan fingerprint density at radius 3 is 2.19 bits per heavy atom. The lowest BCUT2D eigenvalue weighted by Crippen LogP contribution is -2.49. The van der Waals surface area contributed by atoms with E-state index in [0.717, 1.165) is 33.5 Å². The Bertz CT molecular complexity index is 1510. The molecule has 37 heavy (non-hydrogen) atoms. The fourth-order valence-electron chi connectivity index (χ4n) is 4.76. The van der Waals surface area contributed by atoms with Crippen molar-refractivity contribution < 1.29 is 8.42 Å². The topological polar surface area (TPSA) is 78.4 Å². The molecule has 0 aliphatic carbocycles. The number of halogens is 1. The maximum absolute atomic E-state index is 13.1. The molecule has 1 aliphatic rings. The SMILES string of the molecule is Cc1cccc(C)c1Nc1nc(C(C)N2CCN(S(=O)(=O)c3ccc(Cl)cc3)CC2)nc2ccccc12. The zero-order valence-electron chi connectivity index (χ0n) is 21.1. The van der Waals surface area contributed by atoms with Crippen LogP contribution in [0.5, 0.6) is 0 Å². The molecule has 1 N–H and O–H groups in total. The number of hydrogen-bond acceptors (Lipinski definition) is 6. The van der Waals surface area contributed by atoms with Gasteiger partial charge in [0, 0.05) is 42.3 Å². The highest BCUT2D eigenvalue weighted by Gasteiger charge is 2.31. The van der Waals surface area contributed by atoms with Crippen LogP contribution in [0.15, 0.2) is 71.6 Å². The predicted octanol–water partition coefficient (Wildman–Crippen LogP) is 5.71. The molecule has 7 nitrogen and oxygen atoms in total. The average molecular weight is 536 g/mol. The Hall–Kier alpha value is -3.04. The number of anilines is 2. The largest absolute Gasteiger partial charge is 0.339 e. The molecule has 2 heterocycles. The molecule has 0 bridgehead atoms. The lowest BCUT2D eigenvalue weighted by molar-refractivity contribution is 0.141. The number of nitrogens with one attached hydrogen (secondary N) is 1. The Morgan fingerprint density at radius 1 is 0.865 bits per heavy atom. The second-order valence-corrected chi connectivity index (χ2v) is 11.8. The minimum Gasteiger partial charge on any atom is -0.339 e. The number of sulfonamides is 1. The van der Waals surface area contributed by atoms with Crippen LogP contribution in [0.25, 0.3) is 10.9 Å². The fraction of sp³-hybridized carbons (Fsp3) is 0.286. The van der Waals surface area contributed by atoms with Crippen LogP contribution in [0.3, 0.4) is 0 Å². The van der Waals surface area contributed by atoms with Gasteiger partial charge in [-0.2, -0.15) is 4.31 Å². The molecule has 1 unspecified atom stereocenters. The number of fused-ring (bicyclic) bond motifs is 1. The van der Waals surface area contributed by atoms with Gasteiger partial charge in [-0.15, -0.1) is 0 Å². The van der Waals surface area contributed by atoms with E-state index in [2.05, 4.69) is 43.1 Å². The summed E-state index contributed by atoms with van der Waals surface area (Å²) in [6, 6.07) is 20.5. The zero-order chi connectivity index (χ0) is 26.2. The summed E-state index contributed by atoms with van der Waals surface area (Å²) >= 11 is 5.94. The van der Waals surface area contributed by atoms with E-state index in [4.69, 9.17) is 21.6 Å². The first kappa shape index (κ1) is 25.6. The third-order valence-corrected chi connectivity index (χ3v) is 9.16. The van der Waals surface area contributed by atoms with Gasteiger partial charge in [-0.05, 0) is 68.3 Å². The van der Waals surface area contributed by atoms with Crippen LogP contribution < -0.4 is 5.32 Å². The summed E-state index contributed by atoms with van der Waals surface area (Å²) in [4.78, 5) is 12.4. The molecule has 5 rings (SSSR count). The molecule has 3 aromatic carbocycles. The third kappa shape index (κ3) is 5.20. The maximum atomic E-state index is 13.1. The molecule has 9 heteroatoms. The highest BCUT2D eigenvalue weighted by molar-refractivity contribution is 7.89. The number of para-hydroxylation sites is 2. The highest BCUT2D eigenvalue weighted by Crippen LogP contribution is 2.30. The molecule has 192 valence electrons. The lowest BCUT2D eigenvalue weighted by Gasteiger charge is -2.36. The molecule has 1 aliphatic heterocycles. The van der Waals surface area contributed by atoms with Gasteiger partial charge < -0.3 is 5.32 Å². The second kappa shape index (κ2) is 10.4. The average Bonchev–Trinajstić information content (AvgIpc) is 2.90. The van der Waals surface area contributed by atoms with Crippen molar-refractivity contribution in [2.24, 2.45) is 0 Å². The molecular formula is C28H30ClN5O2S. The number of nitrogens with zero attached hydrogens (tertiary/aromatic N) is 4. The fourth-order valence-corrected chi connectivity index (χ4v) is 6.31. The molecule has 0 amide bonds. The quantitative estimate of drug-likeness (QED) is 0.340. The van der Waals surface area contributed by atoms with Gasteiger partial charge in [0.2, 0.25) is 10.0 Å². The molecule has 1 saturated heterocycles. The number of hydrogen-bond donors (Lipinski definition) is 1. The van der Waals surface area contributed by atoms with Crippen molar-refractivity contribution in [2.45, 2.75) is 31.7 Å². The summed E-state index contributed by atoms with van der Waals surface area (Å²) in [5, 5.41) is 5.04. The van der Waals surface area contributed by atoms with Crippen LogP contribution in [0.1, 0.15) is 29.9 Å². The Labute approximate surface area is 223 Å². The van der Waals surface area contributed by atoms with Crippen molar-refractivity contribution in [1.82, 2.24) is 19.2 Å². The summed E-state index contributed by atoms with van der Waals surface area (Å²) in [6.45, 7) is 8.22. The molecule has 0 spiro atoms. The van der Waals surface area contributed by atoms with E-state index < -0.39 is 10.0 Å². The van der Waals surface area contributed by atoms with E-state index >= 15 is 0 Å². The predicted molar refractivity (Wildman–Crippen MR) is 149 cm³/mol. The van der Waals surface area contributed by atoms with E-state index in [9.17, 15) is 8.42 Å². The highest BCUT2D eigenvalue weighted by atomic mass is 35.5. The summed E-state index contributed by atoms with van der Waals surface area (Å²) in [7, 11) is -3.56. The molecule has 4 aromatic rings. The van der Waals surface area contributed by atoms with Crippen molar-refractivity contribution in [1.29, 1.82) is 0 Å². The first-order valence-electron chi connectivity index (χ1n) is 12.3. The molecule has 1 aromatic heterocycles. The summed E-state index contributed by atoms with van der Waals surface area (Å²) in [5.74, 6) is 1.48. The van der Waals surface area contributed by atoms with Crippen LogP contribution in [0.2, 0.25) is 5.02 Å². The van der Waals surface area contributed by atoms with Crippen molar-refractivity contribution in [3.05, 3.63) is 88.7 Å². The van der Waals surface area contributed by atoms with Crippen LogP contribution >= 0.6 is 11.6 Å². The smallest absolute Gasteiger partial charge is 0.243 e. The van der Waals surface area contributed by atoms with Crippen LogP contribution in [0.4, 0.5) is 11.5 Å². The Balaban J connectivity index is 1.38. The van der Waals surface area contributed by atoms with E-state index in [0.29, 0.717) is 37.0 Å². The number of aromatic nitrogens is 2. The van der Waals surface area contributed by atoms with E-state index in [1.807, 2.05) is 30.3 Å². The van der Waals surface area contributed by atoms with Crippen LogP contribution in [-0.4, -0.2) is 53.8 Å². The molecule has 0 radical (unpaired) electrons. The van der Waals surface area contributed by atoms with Gasteiger partial charge in [-0.3, -0.25) is 4.90 Å². The van der Waals surface area contributed by atoms with Crippen molar-refractivity contribution in [2.75, 3.05) is 31.5 Å². The minimum absolute atomic E-state index is 0.0801. The molecular weight excluding hydrogens is 506 g/mol. The first-order chi connectivity index (χ1) is 17.7. The van der Waals surface area contributed by atoms with Gasteiger partial charge >= 0.3 is 0 Å². The minimum atomic E-state index is -3.56. The standard InChI is InChI=1S/C28H30ClN5O2S/c1-19-7-6-8-20(2)26(19)31-28-24-9-4-5-10-25(24)30-27(32-28)21(3)33-15-17-34(18-16-33)37(35,36)23-13-11-22(29)12-14-23/h4-14,21H,15-18H2,1-3H3,(H,30,31,32). The van der Waals surface area contributed by atoms with Crippen LogP contribution in [0, 0.1) is 13.8 Å². The van der Waals surface area contributed by atoms with Gasteiger partial charge in [-0.1, -0.05) is 41.9 Å². The Kier molecular flexibility index (Phi) is 7.18. The van der Waals surface area contributed by atoms with Crippen molar-refractivity contribution in [3.63, 3.8) is 0 Å². The monoisotopic (exact) mass is 535 g/mol. The van der Waals surface area contributed by atoms with Gasteiger partial charge in [0.1, 0.15) is 11.6 Å². The molecule has 0 saturated carbocycles. The summed E-state index contributed by atoms with van der Waals surface area (Å²) in [6.07, 6.45) is 0. The number of benzene rings is 3. The third-order valence-electron chi connectivity index (χ3n) is 6.99. The van der Waals surface area contributed by atoms with Gasteiger partial charge in [0.15, 0.2) is 0 Å². The summed E-state index contributed by atoms with van der Waals surface area (Å²) in [5.41, 5.74) is 4.22. The van der Waals surface area contributed by atoms with Gasteiger partial charge in [0.05, 0.1) is 16.5 Å². The van der Waals surface area contributed by atoms with Crippen molar-refractivity contribution in [3.8, 4) is 0 Å². The van der Waals surface area contributed by atoms with Crippen molar-refractivity contribution >= 4 is 44.0 Å². The normalized spacial score (nSPS) is 16.1. The zero-order valence-corrected chi connectivity index (χ0v) is 22.7. The van der Waals surface area contributed by atoms with E-state index in [1.54, 1.807) is 24.3 Å². The van der Waals surface area contributed by atoms with Gasteiger partial charge in [-0.25, -0.2) is 18.4 Å². The summed E-state index contributed by atoms with van der Waals surface area (Å²) < 4.78 is 27.7. The van der Waals surface area contributed by atoms with Crippen LogP contribution in [-0.2, 0) is 10.0 Å². The van der Waals surface area contributed by atoms with Gasteiger partial charge in [0.25, 0.3) is 0 Å². The molecule has 1 fully saturated rings. The van der Waals surface area contributed by atoms with E-state index in [1.165, 1.54) is 4.31 Å².